The van der Waals surface area contributed by atoms with Gasteiger partial charge < -0.3 is 4.90 Å². The lowest BCUT2D eigenvalue weighted by Crippen LogP contribution is -2.25. The SMILES string of the molecule is Cc1nnc(CN(CCc2nn[nH]n2)c2ccccc2)s1. The summed E-state index contributed by atoms with van der Waals surface area (Å²) in [6, 6.07) is 10.2. The number of nitrogens with one attached hydrogen (secondary N) is 1. The van der Waals surface area contributed by atoms with Crippen molar-refractivity contribution in [2.75, 3.05) is 11.4 Å². The van der Waals surface area contributed by atoms with Gasteiger partial charge >= 0.3 is 0 Å². The van der Waals surface area contributed by atoms with Crippen LogP contribution < -0.4 is 4.90 Å². The van der Waals surface area contributed by atoms with Crippen molar-refractivity contribution in [1.29, 1.82) is 0 Å². The molecule has 0 bridgehead atoms. The minimum atomic E-state index is 0.712. The number of para-hydroxylation sites is 1. The summed E-state index contributed by atoms with van der Waals surface area (Å²) >= 11 is 1.62. The number of hydrogen-bond donors (Lipinski definition) is 1. The second kappa shape index (κ2) is 6.40. The zero-order valence-electron chi connectivity index (χ0n) is 11.6. The molecular weight excluding hydrogens is 286 g/mol. The van der Waals surface area contributed by atoms with E-state index in [1.165, 1.54) is 0 Å². The van der Waals surface area contributed by atoms with Gasteiger partial charge in [-0.2, -0.15) is 5.21 Å². The highest BCUT2D eigenvalue weighted by atomic mass is 32.1. The molecule has 2 aromatic heterocycles. The maximum absolute atomic E-state index is 4.20. The highest BCUT2D eigenvalue weighted by Crippen LogP contribution is 2.18. The summed E-state index contributed by atoms with van der Waals surface area (Å²) < 4.78 is 0. The van der Waals surface area contributed by atoms with E-state index >= 15 is 0 Å². The van der Waals surface area contributed by atoms with E-state index < -0.39 is 0 Å². The quantitative estimate of drug-likeness (QED) is 0.744. The fourth-order valence-corrected chi connectivity index (χ4v) is 2.75. The molecule has 8 heteroatoms. The van der Waals surface area contributed by atoms with Crippen LogP contribution in [0.15, 0.2) is 30.3 Å². The minimum Gasteiger partial charge on any atom is -0.364 e. The Morgan fingerprint density at radius 1 is 1.14 bits per heavy atom. The van der Waals surface area contributed by atoms with Crippen molar-refractivity contribution in [2.45, 2.75) is 19.9 Å². The molecule has 0 radical (unpaired) electrons. The van der Waals surface area contributed by atoms with Crippen LogP contribution in [0.4, 0.5) is 5.69 Å². The first kappa shape index (κ1) is 13.6. The van der Waals surface area contributed by atoms with E-state index in [1.807, 2.05) is 25.1 Å². The molecule has 1 aromatic carbocycles. The largest absolute Gasteiger partial charge is 0.364 e. The topological polar surface area (TPSA) is 83.5 Å². The molecule has 3 rings (SSSR count). The third-order valence-electron chi connectivity index (χ3n) is 3.01. The fourth-order valence-electron chi connectivity index (χ4n) is 2.03. The minimum absolute atomic E-state index is 0.712. The molecule has 0 unspecified atom stereocenters. The Balaban J connectivity index is 1.74. The summed E-state index contributed by atoms with van der Waals surface area (Å²) in [5.74, 6) is 0.712. The summed E-state index contributed by atoms with van der Waals surface area (Å²) in [5.41, 5.74) is 1.15. The van der Waals surface area contributed by atoms with Crippen LogP contribution in [0.25, 0.3) is 0 Å². The summed E-state index contributed by atoms with van der Waals surface area (Å²) in [6.07, 6.45) is 0.725. The summed E-state index contributed by atoms with van der Waals surface area (Å²) in [5, 5.41) is 24.3. The number of H-pyrrole nitrogens is 1. The zero-order valence-corrected chi connectivity index (χ0v) is 12.4. The van der Waals surface area contributed by atoms with Gasteiger partial charge in [-0.1, -0.05) is 34.7 Å². The van der Waals surface area contributed by atoms with Crippen LogP contribution in [0.5, 0.6) is 0 Å². The van der Waals surface area contributed by atoms with Crippen molar-refractivity contribution < 1.29 is 0 Å². The first-order chi connectivity index (χ1) is 10.3. The Hall–Kier alpha value is -2.35. The van der Waals surface area contributed by atoms with Gasteiger partial charge in [0.1, 0.15) is 10.0 Å². The molecule has 0 aliphatic carbocycles. The predicted molar refractivity (Wildman–Crippen MR) is 80.0 cm³/mol. The average molecular weight is 301 g/mol. The van der Waals surface area contributed by atoms with Gasteiger partial charge in [0.2, 0.25) is 0 Å². The van der Waals surface area contributed by atoms with Crippen LogP contribution in [0.2, 0.25) is 0 Å². The molecule has 2 heterocycles. The van der Waals surface area contributed by atoms with E-state index in [4.69, 9.17) is 0 Å². The molecule has 3 aromatic rings. The molecule has 108 valence electrons. The smallest absolute Gasteiger partial charge is 0.176 e. The van der Waals surface area contributed by atoms with Crippen LogP contribution in [-0.2, 0) is 13.0 Å². The number of benzene rings is 1. The monoisotopic (exact) mass is 301 g/mol. The molecule has 0 atom stereocenters. The number of anilines is 1. The van der Waals surface area contributed by atoms with Crippen LogP contribution in [0, 0.1) is 6.92 Å². The lowest BCUT2D eigenvalue weighted by atomic mass is 10.2. The second-order valence-corrected chi connectivity index (χ2v) is 5.82. The number of aryl methyl sites for hydroxylation is 1. The maximum atomic E-state index is 4.20. The van der Waals surface area contributed by atoms with Gasteiger partial charge in [0.05, 0.1) is 6.54 Å². The van der Waals surface area contributed by atoms with Crippen molar-refractivity contribution in [3.63, 3.8) is 0 Å². The van der Waals surface area contributed by atoms with Gasteiger partial charge in [-0.3, -0.25) is 0 Å². The lowest BCUT2D eigenvalue weighted by molar-refractivity contribution is 0.746. The predicted octanol–water partition coefficient (Wildman–Crippen LogP) is 1.61. The Bertz CT molecular complexity index is 665. The van der Waals surface area contributed by atoms with Crippen molar-refractivity contribution in [3.8, 4) is 0 Å². The van der Waals surface area contributed by atoms with Gasteiger partial charge in [-0.15, -0.1) is 20.4 Å². The van der Waals surface area contributed by atoms with E-state index in [0.717, 1.165) is 35.2 Å². The van der Waals surface area contributed by atoms with Crippen molar-refractivity contribution in [3.05, 3.63) is 46.2 Å². The number of aromatic nitrogens is 6. The standard InChI is InChI=1S/C13H15N7S/c1-10-14-17-13(21-10)9-20(11-5-3-2-4-6-11)8-7-12-15-18-19-16-12/h2-6H,7-9H2,1H3,(H,15,16,18,19). The van der Waals surface area contributed by atoms with E-state index in [2.05, 4.69) is 47.9 Å². The average Bonchev–Trinajstić information content (AvgIpc) is 3.16. The zero-order chi connectivity index (χ0) is 14.5. The van der Waals surface area contributed by atoms with Crippen LogP contribution in [0.3, 0.4) is 0 Å². The molecule has 0 saturated heterocycles. The van der Waals surface area contributed by atoms with E-state index in [1.54, 1.807) is 11.3 Å². The molecule has 0 amide bonds. The lowest BCUT2D eigenvalue weighted by Gasteiger charge is -2.22. The van der Waals surface area contributed by atoms with Gasteiger partial charge in [0, 0.05) is 18.7 Å². The molecule has 0 fully saturated rings. The van der Waals surface area contributed by atoms with Gasteiger partial charge in [-0.25, -0.2) is 0 Å². The van der Waals surface area contributed by atoms with Crippen molar-refractivity contribution in [2.24, 2.45) is 0 Å². The Morgan fingerprint density at radius 3 is 2.67 bits per heavy atom. The molecule has 0 spiro atoms. The second-order valence-electron chi connectivity index (χ2n) is 4.55. The highest BCUT2D eigenvalue weighted by Gasteiger charge is 2.11. The first-order valence-corrected chi connectivity index (χ1v) is 7.44. The summed E-state index contributed by atoms with van der Waals surface area (Å²) in [7, 11) is 0. The Morgan fingerprint density at radius 2 is 2.00 bits per heavy atom. The molecule has 7 nitrogen and oxygen atoms in total. The van der Waals surface area contributed by atoms with E-state index in [9.17, 15) is 0 Å². The number of hydrogen-bond acceptors (Lipinski definition) is 7. The van der Waals surface area contributed by atoms with Crippen molar-refractivity contribution >= 4 is 17.0 Å². The van der Waals surface area contributed by atoms with Crippen LogP contribution in [0.1, 0.15) is 15.8 Å². The van der Waals surface area contributed by atoms with Gasteiger partial charge in [0.25, 0.3) is 0 Å². The third-order valence-corrected chi connectivity index (χ3v) is 3.83. The number of tetrazole rings is 1. The number of aromatic amines is 1. The van der Waals surface area contributed by atoms with Gasteiger partial charge in [0.15, 0.2) is 5.82 Å². The highest BCUT2D eigenvalue weighted by molar-refractivity contribution is 7.11. The Labute approximate surface area is 126 Å². The number of rotatable bonds is 6. The molecule has 0 aliphatic heterocycles. The van der Waals surface area contributed by atoms with Crippen LogP contribution in [-0.4, -0.2) is 37.4 Å². The van der Waals surface area contributed by atoms with E-state index in [-0.39, 0.29) is 0 Å². The molecule has 0 saturated carbocycles. The summed E-state index contributed by atoms with van der Waals surface area (Å²) in [6.45, 7) is 3.49. The molecule has 1 N–H and O–H groups in total. The molecule has 0 aliphatic rings. The first-order valence-electron chi connectivity index (χ1n) is 6.62. The third kappa shape index (κ3) is 3.60. The maximum Gasteiger partial charge on any atom is 0.176 e. The van der Waals surface area contributed by atoms with E-state index in [0.29, 0.717) is 5.82 Å². The van der Waals surface area contributed by atoms with Crippen molar-refractivity contribution in [1.82, 2.24) is 30.8 Å². The summed E-state index contributed by atoms with van der Waals surface area (Å²) in [4.78, 5) is 2.25. The fraction of sp³-hybridized carbons (Fsp3) is 0.308. The molecular formula is C13H15N7S. The molecule has 21 heavy (non-hydrogen) atoms. The van der Waals surface area contributed by atoms with Gasteiger partial charge in [-0.05, 0) is 19.1 Å². The number of nitrogens with zero attached hydrogens (tertiary/aromatic N) is 6. The van der Waals surface area contributed by atoms with Crippen LogP contribution >= 0.6 is 11.3 Å². The normalized spacial score (nSPS) is 10.7. The Kier molecular flexibility index (Phi) is 4.15.